The zero-order valence-corrected chi connectivity index (χ0v) is 16.9. The summed E-state index contributed by atoms with van der Waals surface area (Å²) >= 11 is 1.78. The molecule has 24 heavy (non-hydrogen) atoms. The second-order valence-electron chi connectivity index (χ2n) is 5.24. The SMILES string of the molecule is O=S(=O)(O)CCCSC1[Se]c2ccccc2N1CCCS(=O)(=O)O. The van der Waals surface area contributed by atoms with Gasteiger partial charge in [-0.3, -0.25) is 0 Å². The molecule has 1 aromatic carbocycles. The first-order valence-electron chi connectivity index (χ1n) is 7.20. The summed E-state index contributed by atoms with van der Waals surface area (Å²) in [6.07, 6.45) is 0.691. The van der Waals surface area contributed by atoms with Gasteiger partial charge >= 0.3 is 153 Å². The van der Waals surface area contributed by atoms with Crippen molar-refractivity contribution >= 4 is 57.1 Å². The van der Waals surface area contributed by atoms with Gasteiger partial charge < -0.3 is 0 Å². The summed E-state index contributed by atoms with van der Waals surface area (Å²) in [5, 5.41) is 0. The molecule has 0 aliphatic carbocycles. The van der Waals surface area contributed by atoms with Gasteiger partial charge in [0, 0.05) is 0 Å². The van der Waals surface area contributed by atoms with Crippen LogP contribution in [0.4, 0.5) is 5.69 Å². The summed E-state index contributed by atoms with van der Waals surface area (Å²) in [4.78, 5) is 2.12. The molecule has 0 bridgehead atoms. The Kier molecular flexibility index (Phi) is 7.00. The molecule has 0 aromatic heterocycles. The molecule has 1 unspecified atom stereocenters. The number of rotatable bonds is 9. The van der Waals surface area contributed by atoms with Gasteiger partial charge in [0.15, 0.2) is 0 Å². The van der Waals surface area contributed by atoms with Crippen LogP contribution in [0, 0.1) is 0 Å². The molecule has 0 radical (unpaired) electrons. The van der Waals surface area contributed by atoms with Gasteiger partial charge in [-0.05, 0) is 0 Å². The van der Waals surface area contributed by atoms with Crippen molar-refractivity contribution in [3.05, 3.63) is 24.3 Å². The van der Waals surface area contributed by atoms with Crippen LogP contribution < -0.4 is 9.36 Å². The van der Waals surface area contributed by atoms with Crippen molar-refractivity contribution < 1.29 is 25.9 Å². The first kappa shape index (κ1) is 20.0. The molecule has 1 aromatic rings. The van der Waals surface area contributed by atoms with Crippen LogP contribution in [0.5, 0.6) is 0 Å². The number of nitrogens with zero attached hydrogens (tertiary/aromatic N) is 1. The summed E-state index contributed by atoms with van der Waals surface area (Å²) in [5.74, 6) is 0.0588. The molecule has 0 amide bonds. The van der Waals surface area contributed by atoms with E-state index in [4.69, 9.17) is 9.11 Å². The van der Waals surface area contributed by atoms with E-state index in [0.29, 0.717) is 25.1 Å². The van der Waals surface area contributed by atoms with Gasteiger partial charge in [0.25, 0.3) is 0 Å². The van der Waals surface area contributed by atoms with Crippen molar-refractivity contribution in [3.63, 3.8) is 0 Å². The third kappa shape index (κ3) is 6.55. The fourth-order valence-electron chi connectivity index (χ4n) is 2.27. The van der Waals surface area contributed by atoms with Crippen molar-refractivity contribution in [1.82, 2.24) is 0 Å². The maximum atomic E-state index is 10.9. The Hall–Kier alpha value is -0.291. The van der Waals surface area contributed by atoms with Crippen LogP contribution in [-0.4, -0.2) is 69.0 Å². The molecule has 0 saturated carbocycles. The van der Waals surface area contributed by atoms with Crippen LogP contribution >= 0.6 is 11.8 Å². The molecule has 136 valence electrons. The minimum absolute atomic E-state index is 0.151. The van der Waals surface area contributed by atoms with E-state index < -0.39 is 20.2 Å². The number of fused-ring (bicyclic) bond motifs is 1. The van der Waals surface area contributed by atoms with Gasteiger partial charge in [-0.15, -0.1) is 0 Å². The van der Waals surface area contributed by atoms with Crippen molar-refractivity contribution in [2.75, 3.05) is 28.7 Å². The molecule has 0 spiro atoms. The van der Waals surface area contributed by atoms with Gasteiger partial charge in [0.1, 0.15) is 0 Å². The predicted octanol–water partition coefficient (Wildman–Crippen LogP) is 0.409. The number of para-hydroxylation sites is 1. The van der Waals surface area contributed by atoms with E-state index >= 15 is 0 Å². The Bertz CT molecular complexity index is 768. The number of hydrogen-bond donors (Lipinski definition) is 2. The van der Waals surface area contributed by atoms with Crippen LogP contribution in [0.1, 0.15) is 12.8 Å². The van der Waals surface area contributed by atoms with E-state index in [0.717, 1.165) is 5.69 Å². The number of anilines is 1. The number of benzene rings is 1. The van der Waals surface area contributed by atoms with Crippen molar-refractivity contribution in [3.8, 4) is 0 Å². The van der Waals surface area contributed by atoms with Crippen LogP contribution in [0.3, 0.4) is 0 Å². The molecule has 0 fully saturated rings. The van der Waals surface area contributed by atoms with E-state index in [9.17, 15) is 16.8 Å². The summed E-state index contributed by atoms with van der Waals surface area (Å²) in [6.45, 7) is 0.508. The average Bonchev–Trinajstić information content (AvgIpc) is 2.80. The van der Waals surface area contributed by atoms with Gasteiger partial charge in [-0.1, -0.05) is 0 Å². The molecule has 1 atom stereocenters. The number of hydrogen-bond acceptors (Lipinski definition) is 6. The molecule has 1 aliphatic rings. The third-order valence-corrected chi connectivity index (χ3v) is 9.51. The van der Waals surface area contributed by atoms with Gasteiger partial charge in [0.2, 0.25) is 0 Å². The third-order valence-electron chi connectivity index (χ3n) is 3.27. The van der Waals surface area contributed by atoms with Crippen LogP contribution in [-0.2, 0) is 20.2 Å². The minimum atomic E-state index is -3.97. The first-order chi connectivity index (χ1) is 11.2. The number of thioether (sulfide) groups is 1. The zero-order valence-electron chi connectivity index (χ0n) is 12.7. The Labute approximate surface area is 152 Å². The normalized spacial score (nSPS) is 17.9. The predicted molar refractivity (Wildman–Crippen MR) is 97.5 cm³/mol. The Morgan fingerprint density at radius 3 is 2.33 bits per heavy atom. The molecular weight excluding hydrogens is 441 g/mol. The fraction of sp³-hybridized carbons (Fsp3) is 0.538. The molecular formula is C13H19NO6S3Se. The quantitative estimate of drug-likeness (QED) is 0.310. The standard InChI is InChI=1S/C13H19NO6S3Se/c15-22(16,17)9-3-7-14-11-5-1-2-6-12(11)24-13(14)21-8-4-10-23(18,19)20/h1-2,5-6,13H,3-4,7-10H2,(H,15,16,17)(H,18,19,20). The Morgan fingerprint density at radius 2 is 1.67 bits per heavy atom. The summed E-state index contributed by atoms with van der Waals surface area (Å²) in [6, 6.07) is 7.92. The molecule has 2 N–H and O–H groups in total. The molecule has 11 heteroatoms. The van der Waals surface area contributed by atoms with E-state index in [-0.39, 0.29) is 30.7 Å². The van der Waals surface area contributed by atoms with Crippen molar-refractivity contribution in [2.24, 2.45) is 0 Å². The average molecular weight is 460 g/mol. The van der Waals surface area contributed by atoms with Gasteiger partial charge in [-0.2, -0.15) is 0 Å². The van der Waals surface area contributed by atoms with Crippen LogP contribution in [0.25, 0.3) is 0 Å². The molecule has 2 rings (SSSR count). The Balaban J connectivity index is 1.96. The van der Waals surface area contributed by atoms with Crippen molar-refractivity contribution in [2.45, 2.75) is 17.1 Å². The monoisotopic (exact) mass is 461 g/mol. The topological polar surface area (TPSA) is 112 Å². The molecule has 1 aliphatic heterocycles. The van der Waals surface area contributed by atoms with Gasteiger partial charge in [0.05, 0.1) is 0 Å². The van der Waals surface area contributed by atoms with Crippen molar-refractivity contribution in [1.29, 1.82) is 0 Å². The van der Waals surface area contributed by atoms with E-state index in [2.05, 4.69) is 4.90 Å². The molecule has 0 saturated heterocycles. The summed E-state index contributed by atoms with van der Waals surface area (Å²) < 4.78 is 62.3. The van der Waals surface area contributed by atoms with Crippen LogP contribution in [0.15, 0.2) is 24.3 Å². The van der Waals surface area contributed by atoms with E-state index in [1.807, 2.05) is 24.3 Å². The summed E-state index contributed by atoms with van der Waals surface area (Å²) in [5.41, 5.74) is 1.07. The summed E-state index contributed by atoms with van der Waals surface area (Å²) in [7, 11) is -7.90. The van der Waals surface area contributed by atoms with E-state index in [1.165, 1.54) is 4.46 Å². The van der Waals surface area contributed by atoms with E-state index in [1.54, 1.807) is 11.8 Å². The zero-order chi connectivity index (χ0) is 17.8. The van der Waals surface area contributed by atoms with Gasteiger partial charge in [-0.25, -0.2) is 0 Å². The first-order valence-corrected chi connectivity index (χ1v) is 13.3. The second kappa shape index (κ2) is 8.39. The molecule has 1 heterocycles. The second-order valence-corrected chi connectivity index (χ2v) is 12.6. The Morgan fingerprint density at radius 1 is 1.04 bits per heavy atom. The van der Waals surface area contributed by atoms with Crippen LogP contribution in [0.2, 0.25) is 0 Å². The maximum absolute atomic E-state index is 10.9. The molecule has 7 nitrogen and oxygen atoms in total. The fourth-order valence-corrected chi connectivity index (χ4v) is 8.16.